The lowest BCUT2D eigenvalue weighted by atomic mass is 10.3. The number of benzene rings is 1. The van der Waals surface area contributed by atoms with Gasteiger partial charge >= 0.3 is 0 Å². The molecule has 0 aromatic heterocycles. The number of hydrogen-bond donors (Lipinski definition) is 1. The average molecular weight is 296 g/mol. The van der Waals surface area contributed by atoms with E-state index in [0.29, 0.717) is 15.7 Å². The molecule has 0 amide bonds. The summed E-state index contributed by atoms with van der Waals surface area (Å²) in [5.74, 6) is 0.217. The van der Waals surface area contributed by atoms with E-state index < -0.39 is 9.84 Å². The fourth-order valence-corrected chi connectivity index (χ4v) is 2.86. The predicted molar refractivity (Wildman–Crippen MR) is 73.9 cm³/mol. The van der Waals surface area contributed by atoms with Gasteiger partial charge in [0.25, 0.3) is 0 Å². The highest BCUT2D eigenvalue weighted by Gasteiger charge is 2.14. The van der Waals surface area contributed by atoms with Gasteiger partial charge in [-0.1, -0.05) is 36.2 Å². The van der Waals surface area contributed by atoms with Crippen LogP contribution in [0.5, 0.6) is 0 Å². The summed E-state index contributed by atoms with van der Waals surface area (Å²) in [6.45, 7) is 3.43. The largest absolute Gasteiger partial charge is 0.380 e. The first kappa shape index (κ1) is 14.6. The molecule has 1 N–H and O–H groups in total. The Morgan fingerprint density at radius 1 is 1.35 bits per heavy atom. The lowest BCUT2D eigenvalue weighted by Crippen LogP contribution is -2.26. The zero-order chi connectivity index (χ0) is 13.1. The van der Waals surface area contributed by atoms with Crippen molar-refractivity contribution in [2.75, 3.05) is 16.8 Å². The van der Waals surface area contributed by atoms with Gasteiger partial charge in [-0.3, -0.25) is 0 Å². The summed E-state index contributed by atoms with van der Waals surface area (Å²) in [7, 11) is -3.00. The molecule has 1 atom stereocenters. The number of nitrogens with one attached hydrogen (secondary N) is 1. The third-order valence-corrected chi connectivity index (χ3v) is 5.00. The maximum Gasteiger partial charge on any atom is 0.152 e. The number of rotatable bonds is 5. The molecule has 0 aliphatic carbocycles. The molecular weight excluding hydrogens is 281 g/mol. The average Bonchev–Trinajstić information content (AvgIpc) is 2.24. The first-order chi connectivity index (χ1) is 7.85. The van der Waals surface area contributed by atoms with Crippen molar-refractivity contribution in [3.63, 3.8) is 0 Å². The molecule has 0 bridgehead atoms. The van der Waals surface area contributed by atoms with Crippen LogP contribution in [0.4, 0.5) is 5.69 Å². The van der Waals surface area contributed by atoms with Crippen molar-refractivity contribution in [1.82, 2.24) is 0 Å². The molecule has 6 heteroatoms. The van der Waals surface area contributed by atoms with Gasteiger partial charge in [0.1, 0.15) is 0 Å². The third-order valence-electron chi connectivity index (χ3n) is 2.30. The quantitative estimate of drug-likeness (QED) is 0.907. The van der Waals surface area contributed by atoms with Crippen LogP contribution in [0.15, 0.2) is 18.2 Å². The Labute approximate surface area is 112 Å². The molecule has 1 rings (SSSR count). The molecule has 0 saturated carbocycles. The molecule has 1 aromatic carbocycles. The smallest absolute Gasteiger partial charge is 0.152 e. The molecule has 0 heterocycles. The molecule has 0 radical (unpaired) electrons. The van der Waals surface area contributed by atoms with Crippen LogP contribution in [0, 0.1) is 0 Å². The van der Waals surface area contributed by atoms with Crippen LogP contribution in [0.2, 0.25) is 10.0 Å². The van der Waals surface area contributed by atoms with Crippen LogP contribution in [-0.4, -0.2) is 26.0 Å². The van der Waals surface area contributed by atoms with Gasteiger partial charge in [-0.2, -0.15) is 0 Å². The molecule has 0 saturated heterocycles. The van der Waals surface area contributed by atoms with Gasteiger partial charge in [0.2, 0.25) is 0 Å². The number of halogens is 2. The number of anilines is 1. The van der Waals surface area contributed by atoms with Crippen molar-refractivity contribution < 1.29 is 8.42 Å². The molecule has 0 aliphatic rings. The maximum atomic E-state index is 11.5. The van der Waals surface area contributed by atoms with E-state index in [0.717, 1.165) is 0 Å². The van der Waals surface area contributed by atoms with Crippen LogP contribution in [0.25, 0.3) is 0 Å². The zero-order valence-electron chi connectivity index (χ0n) is 9.70. The van der Waals surface area contributed by atoms with E-state index in [1.807, 2.05) is 0 Å². The number of sulfone groups is 1. The molecule has 0 aliphatic heterocycles. The molecule has 1 aromatic rings. The van der Waals surface area contributed by atoms with Crippen LogP contribution in [-0.2, 0) is 9.84 Å². The predicted octanol–water partition coefficient (Wildman–Crippen LogP) is 3.23. The van der Waals surface area contributed by atoms with Crippen LogP contribution < -0.4 is 5.32 Å². The standard InChI is InChI=1S/C11H15Cl2NO2S/c1-3-17(15,16)7-8(2)14-10-6-4-5-9(12)11(10)13/h4-6,8,14H,3,7H2,1-2H3. The Morgan fingerprint density at radius 3 is 2.59 bits per heavy atom. The zero-order valence-corrected chi connectivity index (χ0v) is 12.0. The topological polar surface area (TPSA) is 46.2 Å². The molecule has 0 fully saturated rings. The van der Waals surface area contributed by atoms with Crippen molar-refractivity contribution in [1.29, 1.82) is 0 Å². The van der Waals surface area contributed by atoms with Gasteiger partial charge in [0.15, 0.2) is 9.84 Å². The maximum absolute atomic E-state index is 11.5. The van der Waals surface area contributed by atoms with Crippen molar-refractivity contribution in [2.24, 2.45) is 0 Å². The molecule has 3 nitrogen and oxygen atoms in total. The van der Waals surface area contributed by atoms with Crippen LogP contribution >= 0.6 is 23.2 Å². The Balaban J connectivity index is 2.75. The van der Waals surface area contributed by atoms with Crippen molar-refractivity contribution in [3.05, 3.63) is 28.2 Å². The molecule has 0 spiro atoms. The van der Waals surface area contributed by atoms with E-state index in [1.165, 1.54) is 0 Å². The summed E-state index contributed by atoms with van der Waals surface area (Å²) in [6, 6.07) is 5.00. The second-order valence-corrected chi connectivity index (χ2v) is 7.03. The Morgan fingerprint density at radius 2 is 2.00 bits per heavy atom. The summed E-state index contributed by atoms with van der Waals surface area (Å²) in [6.07, 6.45) is 0. The normalized spacial score (nSPS) is 13.4. The minimum atomic E-state index is -3.00. The Kier molecular flexibility index (Phi) is 5.10. The highest BCUT2D eigenvalue weighted by molar-refractivity contribution is 7.91. The van der Waals surface area contributed by atoms with Gasteiger partial charge in [-0.05, 0) is 19.1 Å². The summed E-state index contributed by atoms with van der Waals surface area (Å²) in [5, 5.41) is 3.90. The van der Waals surface area contributed by atoms with Crippen molar-refractivity contribution in [3.8, 4) is 0 Å². The molecule has 96 valence electrons. The van der Waals surface area contributed by atoms with E-state index in [9.17, 15) is 8.42 Å². The van der Waals surface area contributed by atoms with Gasteiger partial charge < -0.3 is 5.32 Å². The lowest BCUT2D eigenvalue weighted by molar-refractivity contribution is 0.593. The summed E-state index contributed by atoms with van der Waals surface area (Å²) in [5.41, 5.74) is 0.651. The Hall–Kier alpha value is -0.450. The lowest BCUT2D eigenvalue weighted by Gasteiger charge is -2.16. The van der Waals surface area contributed by atoms with Crippen LogP contribution in [0.1, 0.15) is 13.8 Å². The van der Waals surface area contributed by atoms with Gasteiger partial charge in [-0.25, -0.2) is 8.42 Å². The fourth-order valence-electron chi connectivity index (χ4n) is 1.42. The first-order valence-electron chi connectivity index (χ1n) is 5.26. The first-order valence-corrected chi connectivity index (χ1v) is 7.84. The van der Waals surface area contributed by atoms with E-state index in [-0.39, 0.29) is 17.5 Å². The van der Waals surface area contributed by atoms with E-state index in [1.54, 1.807) is 32.0 Å². The summed E-state index contributed by atoms with van der Waals surface area (Å²) < 4.78 is 22.9. The molecular formula is C11H15Cl2NO2S. The third kappa shape index (κ3) is 4.37. The van der Waals surface area contributed by atoms with Crippen molar-refractivity contribution >= 4 is 38.7 Å². The Bertz CT molecular complexity index is 488. The number of hydrogen-bond acceptors (Lipinski definition) is 3. The summed E-state index contributed by atoms with van der Waals surface area (Å²) >= 11 is 11.9. The monoisotopic (exact) mass is 295 g/mol. The second-order valence-electron chi connectivity index (χ2n) is 3.85. The van der Waals surface area contributed by atoms with Crippen LogP contribution in [0.3, 0.4) is 0 Å². The second kappa shape index (κ2) is 5.94. The summed E-state index contributed by atoms with van der Waals surface area (Å²) in [4.78, 5) is 0. The van der Waals surface area contributed by atoms with Gasteiger partial charge in [0.05, 0.1) is 21.5 Å². The fraction of sp³-hybridized carbons (Fsp3) is 0.455. The highest BCUT2D eigenvalue weighted by Crippen LogP contribution is 2.29. The van der Waals surface area contributed by atoms with E-state index in [4.69, 9.17) is 23.2 Å². The van der Waals surface area contributed by atoms with E-state index >= 15 is 0 Å². The van der Waals surface area contributed by atoms with E-state index in [2.05, 4.69) is 5.32 Å². The molecule has 17 heavy (non-hydrogen) atoms. The SMILES string of the molecule is CCS(=O)(=O)CC(C)Nc1cccc(Cl)c1Cl. The highest BCUT2D eigenvalue weighted by atomic mass is 35.5. The van der Waals surface area contributed by atoms with Crippen molar-refractivity contribution in [2.45, 2.75) is 19.9 Å². The van der Waals surface area contributed by atoms with Gasteiger partial charge in [0, 0.05) is 11.8 Å². The molecule has 1 unspecified atom stereocenters. The minimum absolute atomic E-state index is 0.0757. The minimum Gasteiger partial charge on any atom is -0.380 e. The van der Waals surface area contributed by atoms with Gasteiger partial charge in [-0.15, -0.1) is 0 Å².